The number of aromatic nitrogens is 1. The molecule has 1 amide bonds. The molecule has 1 aliphatic carbocycles. The van der Waals surface area contributed by atoms with Gasteiger partial charge >= 0.3 is 0 Å². The summed E-state index contributed by atoms with van der Waals surface area (Å²) in [6, 6.07) is 14.0. The first-order valence-electron chi connectivity index (χ1n) is 9.30. The van der Waals surface area contributed by atoms with Crippen molar-refractivity contribution < 1.29 is 9.72 Å². The van der Waals surface area contributed by atoms with E-state index in [-0.39, 0.29) is 11.6 Å². The van der Waals surface area contributed by atoms with Crippen molar-refractivity contribution in [3.63, 3.8) is 0 Å². The maximum absolute atomic E-state index is 12.9. The van der Waals surface area contributed by atoms with Crippen molar-refractivity contribution in [3.05, 3.63) is 75.5 Å². The summed E-state index contributed by atoms with van der Waals surface area (Å²) in [5, 5.41) is 17.7. The number of hydrogen-bond acceptors (Lipinski definition) is 5. The quantitative estimate of drug-likeness (QED) is 0.390. The zero-order valence-electron chi connectivity index (χ0n) is 15.3. The lowest BCUT2D eigenvalue weighted by Gasteiger charge is -2.13. The summed E-state index contributed by atoms with van der Waals surface area (Å²) < 4.78 is 0. The third kappa shape index (κ3) is 3.51. The van der Waals surface area contributed by atoms with Crippen LogP contribution in [-0.2, 0) is 12.8 Å². The lowest BCUT2D eigenvalue weighted by Crippen LogP contribution is -2.29. The van der Waals surface area contributed by atoms with Crippen LogP contribution in [0.2, 0.25) is 0 Å². The predicted octanol–water partition coefficient (Wildman–Crippen LogP) is 3.47. The summed E-state index contributed by atoms with van der Waals surface area (Å²) in [6.07, 6.45) is 2.83. The number of para-hydroxylation sites is 1. The van der Waals surface area contributed by atoms with Crippen LogP contribution in [0.25, 0.3) is 10.9 Å². The molecule has 2 N–H and O–H groups in total. The lowest BCUT2D eigenvalue weighted by molar-refractivity contribution is -0.384. The summed E-state index contributed by atoms with van der Waals surface area (Å²) in [5.74, 6) is -0.0813. The van der Waals surface area contributed by atoms with Gasteiger partial charge in [0.05, 0.1) is 16.0 Å². The minimum atomic E-state index is -0.429. The van der Waals surface area contributed by atoms with Crippen LogP contribution in [0.5, 0.6) is 0 Å². The van der Waals surface area contributed by atoms with E-state index in [2.05, 4.69) is 10.6 Å². The molecule has 1 aliphatic rings. The molecule has 7 heteroatoms. The molecule has 4 rings (SSSR count). The van der Waals surface area contributed by atoms with Gasteiger partial charge in [-0.05, 0) is 43.0 Å². The van der Waals surface area contributed by atoms with Crippen LogP contribution in [0.3, 0.4) is 0 Å². The Kier molecular flexibility index (Phi) is 4.89. The topological polar surface area (TPSA) is 97.2 Å². The fourth-order valence-electron chi connectivity index (χ4n) is 3.64. The third-order valence-electron chi connectivity index (χ3n) is 4.96. The molecular formula is C21H20N4O3. The minimum Gasteiger partial charge on any atom is -0.383 e. The molecule has 2 aromatic carbocycles. The van der Waals surface area contributed by atoms with Gasteiger partial charge in [0.25, 0.3) is 11.6 Å². The van der Waals surface area contributed by atoms with Crippen LogP contribution in [-0.4, -0.2) is 28.9 Å². The number of nitro groups is 1. The number of pyridine rings is 1. The second kappa shape index (κ2) is 7.64. The number of fused-ring (bicyclic) bond motifs is 2. The summed E-state index contributed by atoms with van der Waals surface area (Å²) in [7, 11) is 0. The maximum atomic E-state index is 12.9. The normalized spacial score (nSPS) is 12.6. The molecule has 0 spiro atoms. The lowest BCUT2D eigenvalue weighted by atomic mass is 10.0. The molecule has 3 aromatic rings. The van der Waals surface area contributed by atoms with Gasteiger partial charge in [0.2, 0.25) is 0 Å². The molecule has 0 saturated carbocycles. The van der Waals surface area contributed by atoms with Crippen molar-refractivity contribution >= 4 is 28.2 Å². The molecule has 0 bridgehead atoms. The van der Waals surface area contributed by atoms with E-state index in [9.17, 15) is 14.9 Å². The summed E-state index contributed by atoms with van der Waals surface area (Å²) >= 11 is 0. The van der Waals surface area contributed by atoms with Crippen molar-refractivity contribution in [2.45, 2.75) is 19.3 Å². The maximum Gasteiger partial charge on any atom is 0.269 e. The van der Waals surface area contributed by atoms with Gasteiger partial charge in [0.1, 0.15) is 0 Å². The highest BCUT2D eigenvalue weighted by atomic mass is 16.6. The van der Waals surface area contributed by atoms with Gasteiger partial charge in [0.15, 0.2) is 0 Å². The van der Waals surface area contributed by atoms with Gasteiger partial charge in [0, 0.05) is 42.0 Å². The van der Waals surface area contributed by atoms with Crippen molar-refractivity contribution in [3.8, 4) is 0 Å². The SMILES string of the molecule is O=C(NCCNc1ccc([N+](=O)[O-])cc1)c1c2c(nc3ccccc13)CCC2. The number of aryl methyl sites for hydroxylation is 1. The molecule has 1 heterocycles. The van der Waals surface area contributed by atoms with Crippen molar-refractivity contribution in [1.82, 2.24) is 10.3 Å². The summed E-state index contributed by atoms with van der Waals surface area (Å²) in [4.78, 5) is 27.9. The Morgan fingerprint density at radius 2 is 1.86 bits per heavy atom. The van der Waals surface area contributed by atoms with Crippen LogP contribution >= 0.6 is 0 Å². The predicted molar refractivity (Wildman–Crippen MR) is 108 cm³/mol. The van der Waals surface area contributed by atoms with Gasteiger partial charge in [-0.2, -0.15) is 0 Å². The van der Waals surface area contributed by atoms with Gasteiger partial charge < -0.3 is 10.6 Å². The molecule has 28 heavy (non-hydrogen) atoms. The first-order valence-corrected chi connectivity index (χ1v) is 9.30. The second-order valence-corrected chi connectivity index (χ2v) is 6.77. The molecule has 0 unspecified atom stereocenters. The number of benzene rings is 2. The average molecular weight is 376 g/mol. The first kappa shape index (κ1) is 17.9. The van der Waals surface area contributed by atoms with Gasteiger partial charge in [-0.3, -0.25) is 19.9 Å². The number of carbonyl (C=O) groups excluding carboxylic acids is 1. The number of nitrogens with one attached hydrogen (secondary N) is 2. The third-order valence-corrected chi connectivity index (χ3v) is 4.96. The molecule has 0 atom stereocenters. The van der Waals surface area contributed by atoms with E-state index in [1.807, 2.05) is 24.3 Å². The zero-order chi connectivity index (χ0) is 19.5. The number of non-ortho nitro benzene ring substituents is 1. The zero-order valence-corrected chi connectivity index (χ0v) is 15.3. The highest BCUT2D eigenvalue weighted by Crippen LogP contribution is 2.29. The number of rotatable bonds is 6. The van der Waals surface area contributed by atoms with E-state index in [1.165, 1.54) is 12.1 Å². The summed E-state index contributed by atoms with van der Waals surface area (Å²) in [6.45, 7) is 0.968. The first-order chi connectivity index (χ1) is 13.6. The van der Waals surface area contributed by atoms with Gasteiger partial charge in [-0.15, -0.1) is 0 Å². The Balaban J connectivity index is 1.43. The van der Waals surface area contributed by atoms with Crippen molar-refractivity contribution in [2.24, 2.45) is 0 Å². The number of carbonyl (C=O) groups is 1. The largest absolute Gasteiger partial charge is 0.383 e. The van der Waals surface area contributed by atoms with E-state index in [1.54, 1.807) is 12.1 Å². The Labute approximate surface area is 161 Å². The van der Waals surface area contributed by atoms with Crippen molar-refractivity contribution in [2.75, 3.05) is 18.4 Å². The Hall–Kier alpha value is -3.48. The number of amides is 1. The van der Waals surface area contributed by atoms with Gasteiger partial charge in [-0.1, -0.05) is 18.2 Å². The van der Waals surface area contributed by atoms with E-state index in [0.29, 0.717) is 13.1 Å². The standard InChI is InChI=1S/C21H20N4O3/c26-21(23-13-12-22-14-8-10-15(11-9-14)25(27)28)20-16-4-1-2-6-18(16)24-19-7-3-5-17(19)20/h1-2,4,6,8-11,22H,3,5,7,12-13H2,(H,23,26). The minimum absolute atomic E-state index is 0.0530. The van der Waals surface area contributed by atoms with Crippen LogP contribution in [0.15, 0.2) is 48.5 Å². The van der Waals surface area contributed by atoms with Gasteiger partial charge in [-0.25, -0.2) is 0 Å². The molecule has 0 fully saturated rings. The van der Waals surface area contributed by atoms with Crippen LogP contribution in [0, 0.1) is 10.1 Å². The molecule has 0 radical (unpaired) electrons. The molecule has 0 aliphatic heterocycles. The number of hydrogen-bond donors (Lipinski definition) is 2. The molecule has 1 aromatic heterocycles. The number of nitro benzene ring substituents is 1. The van der Waals surface area contributed by atoms with E-state index < -0.39 is 4.92 Å². The fourth-order valence-corrected chi connectivity index (χ4v) is 3.64. The Bertz CT molecular complexity index is 1050. The fraction of sp³-hybridized carbons (Fsp3) is 0.238. The van der Waals surface area contributed by atoms with Crippen LogP contribution in [0.4, 0.5) is 11.4 Å². The highest BCUT2D eigenvalue weighted by Gasteiger charge is 2.23. The molecule has 7 nitrogen and oxygen atoms in total. The number of nitrogens with zero attached hydrogens (tertiary/aromatic N) is 2. The molecule has 0 saturated heterocycles. The summed E-state index contributed by atoms with van der Waals surface area (Å²) in [5.41, 5.74) is 4.53. The van der Waals surface area contributed by atoms with E-state index >= 15 is 0 Å². The smallest absolute Gasteiger partial charge is 0.269 e. The van der Waals surface area contributed by atoms with Crippen LogP contribution < -0.4 is 10.6 Å². The number of anilines is 1. The van der Waals surface area contributed by atoms with Crippen molar-refractivity contribution in [1.29, 1.82) is 0 Å². The highest BCUT2D eigenvalue weighted by molar-refractivity contribution is 6.07. The second-order valence-electron chi connectivity index (χ2n) is 6.77. The molecular weight excluding hydrogens is 356 g/mol. The van der Waals surface area contributed by atoms with E-state index in [0.717, 1.165) is 52.7 Å². The van der Waals surface area contributed by atoms with Crippen LogP contribution in [0.1, 0.15) is 28.0 Å². The average Bonchev–Trinajstić information content (AvgIpc) is 3.17. The van der Waals surface area contributed by atoms with E-state index in [4.69, 9.17) is 4.98 Å². The Morgan fingerprint density at radius 3 is 2.64 bits per heavy atom. The Morgan fingerprint density at radius 1 is 1.07 bits per heavy atom. The molecule has 142 valence electrons. The monoisotopic (exact) mass is 376 g/mol.